The van der Waals surface area contributed by atoms with E-state index in [-0.39, 0.29) is 5.41 Å². The minimum absolute atomic E-state index is 0.0115. The van der Waals surface area contributed by atoms with E-state index in [1.807, 2.05) is 12.3 Å². The van der Waals surface area contributed by atoms with E-state index >= 15 is 0 Å². The molecular weight excluding hydrogens is 200 g/mol. The average Bonchev–Trinajstić information content (AvgIpc) is 3.00. The van der Waals surface area contributed by atoms with Crippen molar-refractivity contribution in [1.82, 2.24) is 4.98 Å². The largest absolute Gasteiger partial charge is 0.490 e. The molecule has 16 heavy (non-hydrogen) atoms. The van der Waals surface area contributed by atoms with Crippen LogP contribution < -0.4 is 10.5 Å². The van der Waals surface area contributed by atoms with Gasteiger partial charge in [-0.1, -0.05) is 20.8 Å². The molecule has 0 atom stereocenters. The lowest BCUT2D eigenvalue weighted by molar-refractivity contribution is 0.298. The minimum atomic E-state index is 0.0115. The summed E-state index contributed by atoms with van der Waals surface area (Å²) in [6.45, 7) is 6.93. The third-order valence-corrected chi connectivity index (χ3v) is 2.75. The second-order valence-electron chi connectivity index (χ2n) is 5.41. The number of aromatic nitrogens is 1. The zero-order chi connectivity index (χ0) is 11.8. The molecule has 0 unspecified atom stereocenters. The molecule has 1 fully saturated rings. The van der Waals surface area contributed by atoms with Gasteiger partial charge in [0, 0.05) is 23.7 Å². The van der Waals surface area contributed by atoms with Crippen LogP contribution in [0.4, 0.5) is 0 Å². The maximum absolute atomic E-state index is 5.86. The first kappa shape index (κ1) is 11.4. The van der Waals surface area contributed by atoms with E-state index in [4.69, 9.17) is 10.5 Å². The van der Waals surface area contributed by atoms with Crippen LogP contribution in [0.15, 0.2) is 12.3 Å². The smallest absolute Gasteiger partial charge is 0.127 e. The molecule has 0 aromatic carbocycles. The van der Waals surface area contributed by atoms with Crippen molar-refractivity contribution in [2.75, 3.05) is 0 Å². The summed E-state index contributed by atoms with van der Waals surface area (Å²) in [5, 5.41) is 0. The van der Waals surface area contributed by atoms with E-state index in [0.29, 0.717) is 12.6 Å². The van der Waals surface area contributed by atoms with E-state index < -0.39 is 0 Å². The summed E-state index contributed by atoms with van der Waals surface area (Å²) in [5.74, 6) is 0.921. The highest BCUT2D eigenvalue weighted by Crippen LogP contribution is 2.33. The van der Waals surface area contributed by atoms with Crippen molar-refractivity contribution < 1.29 is 4.74 Å². The Labute approximate surface area is 97.0 Å². The van der Waals surface area contributed by atoms with Crippen molar-refractivity contribution in [1.29, 1.82) is 0 Å². The maximum Gasteiger partial charge on any atom is 0.127 e. The van der Waals surface area contributed by atoms with Gasteiger partial charge < -0.3 is 10.5 Å². The van der Waals surface area contributed by atoms with Crippen LogP contribution in [0.25, 0.3) is 0 Å². The summed E-state index contributed by atoms with van der Waals surface area (Å²) in [4.78, 5) is 4.45. The zero-order valence-corrected chi connectivity index (χ0v) is 10.3. The summed E-state index contributed by atoms with van der Waals surface area (Å²) >= 11 is 0. The van der Waals surface area contributed by atoms with Gasteiger partial charge in [0.1, 0.15) is 5.75 Å². The third-order valence-electron chi connectivity index (χ3n) is 2.75. The number of ether oxygens (including phenoxy) is 1. The van der Waals surface area contributed by atoms with Gasteiger partial charge in [-0.2, -0.15) is 0 Å². The van der Waals surface area contributed by atoms with Crippen LogP contribution in [0.3, 0.4) is 0 Å². The van der Waals surface area contributed by atoms with Gasteiger partial charge in [0.25, 0.3) is 0 Å². The molecule has 1 aromatic heterocycles. The van der Waals surface area contributed by atoms with E-state index in [9.17, 15) is 0 Å². The van der Waals surface area contributed by atoms with E-state index in [2.05, 4.69) is 25.8 Å². The number of hydrogen-bond donors (Lipinski definition) is 1. The van der Waals surface area contributed by atoms with Crippen molar-refractivity contribution in [2.45, 2.75) is 51.7 Å². The van der Waals surface area contributed by atoms with E-state index in [1.54, 1.807) is 0 Å². The minimum Gasteiger partial charge on any atom is -0.490 e. The molecule has 88 valence electrons. The number of hydrogen-bond acceptors (Lipinski definition) is 3. The monoisotopic (exact) mass is 220 g/mol. The van der Waals surface area contributed by atoms with Crippen LogP contribution in [-0.2, 0) is 12.0 Å². The molecule has 1 aliphatic carbocycles. The van der Waals surface area contributed by atoms with E-state index in [1.165, 1.54) is 0 Å². The fraction of sp³-hybridized carbons (Fsp3) is 0.615. The fourth-order valence-electron chi connectivity index (χ4n) is 1.79. The summed E-state index contributed by atoms with van der Waals surface area (Å²) in [7, 11) is 0. The molecule has 0 spiro atoms. The zero-order valence-electron chi connectivity index (χ0n) is 10.3. The Bertz CT molecular complexity index is 378. The quantitative estimate of drug-likeness (QED) is 0.850. The van der Waals surface area contributed by atoms with Crippen LogP contribution in [0.5, 0.6) is 5.75 Å². The number of nitrogens with zero attached hydrogens (tertiary/aromatic N) is 1. The fourth-order valence-corrected chi connectivity index (χ4v) is 1.79. The molecule has 1 aromatic rings. The van der Waals surface area contributed by atoms with Crippen molar-refractivity contribution in [2.24, 2.45) is 5.73 Å². The van der Waals surface area contributed by atoms with Crippen LogP contribution in [0, 0.1) is 0 Å². The highest BCUT2D eigenvalue weighted by Gasteiger charge is 2.27. The Balaban J connectivity index is 2.37. The molecule has 0 bridgehead atoms. The summed E-state index contributed by atoms with van der Waals surface area (Å²) < 4.78 is 5.86. The number of nitrogens with two attached hydrogens (primary N) is 1. The Morgan fingerprint density at radius 1 is 1.44 bits per heavy atom. The lowest BCUT2D eigenvalue weighted by atomic mass is 9.88. The third kappa shape index (κ3) is 2.35. The summed E-state index contributed by atoms with van der Waals surface area (Å²) in [6, 6.07) is 1.93. The van der Waals surface area contributed by atoms with Crippen LogP contribution in [0.1, 0.15) is 44.9 Å². The molecule has 3 nitrogen and oxygen atoms in total. The lowest BCUT2D eigenvalue weighted by Gasteiger charge is -2.22. The molecule has 0 saturated heterocycles. The number of pyridine rings is 1. The van der Waals surface area contributed by atoms with Gasteiger partial charge in [0.15, 0.2) is 0 Å². The lowest BCUT2D eigenvalue weighted by Crippen LogP contribution is -2.19. The van der Waals surface area contributed by atoms with Gasteiger partial charge in [-0.15, -0.1) is 0 Å². The first-order chi connectivity index (χ1) is 7.52. The van der Waals surface area contributed by atoms with Crippen molar-refractivity contribution in [3.63, 3.8) is 0 Å². The molecule has 0 aliphatic heterocycles. The highest BCUT2D eigenvalue weighted by molar-refractivity contribution is 5.39. The molecular formula is C13H20N2O. The summed E-state index contributed by atoms with van der Waals surface area (Å²) in [5.41, 5.74) is 7.94. The Morgan fingerprint density at radius 3 is 2.62 bits per heavy atom. The first-order valence-electron chi connectivity index (χ1n) is 5.87. The molecule has 1 saturated carbocycles. The van der Waals surface area contributed by atoms with Crippen molar-refractivity contribution in [3.8, 4) is 5.75 Å². The molecule has 2 N–H and O–H groups in total. The predicted molar refractivity (Wildman–Crippen MR) is 64.5 cm³/mol. The van der Waals surface area contributed by atoms with Crippen molar-refractivity contribution in [3.05, 3.63) is 23.5 Å². The van der Waals surface area contributed by atoms with Crippen LogP contribution >= 0.6 is 0 Å². The standard InChI is InChI=1S/C13H20N2O/c1-13(2,3)12-10(8-14)11(6-7-15-12)16-9-4-5-9/h6-7,9H,4-5,8,14H2,1-3H3. The average molecular weight is 220 g/mol. The second kappa shape index (κ2) is 4.06. The van der Waals surface area contributed by atoms with Crippen molar-refractivity contribution >= 4 is 0 Å². The highest BCUT2D eigenvalue weighted by atomic mass is 16.5. The summed E-state index contributed by atoms with van der Waals surface area (Å²) in [6.07, 6.45) is 4.55. The van der Waals surface area contributed by atoms with Gasteiger partial charge >= 0.3 is 0 Å². The molecule has 0 radical (unpaired) electrons. The van der Waals surface area contributed by atoms with Gasteiger partial charge in [0.2, 0.25) is 0 Å². The first-order valence-corrected chi connectivity index (χ1v) is 5.87. The van der Waals surface area contributed by atoms with Gasteiger partial charge in [-0.3, -0.25) is 4.98 Å². The van der Waals surface area contributed by atoms with Gasteiger partial charge in [0.05, 0.1) is 11.8 Å². The maximum atomic E-state index is 5.86. The Hall–Kier alpha value is -1.09. The Morgan fingerprint density at radius 2 is 2.12 bits per heavy atom. The molecule has 1 aliphatic rings. The van der Waals surface area contributed by atoms with Crippen LogP contribution in [-0.4, -0.2) is 11.1 Å². The second-order valence-corrected chi connectivity index (χ2v) is 5.41. The van der Waals surface area contributed by atoms with Crippen LogP contribution in [0.2, 0.25) is 0 Å². The number of rotatable bonds is 3. The van der Waals surface area contributed by atoms with Gasteiger partial charge in [-0.25, -0.2) is 0 Å². The molecule has 2 rings (SSSR count). The predicted octanol–water partition coefficient (Wildman–Crippen LogP) is 2.38. The molecule has 3 heteroatoms. The Kier molecular flexibility index (Phi) is 2.89. The topological polar surface area (TPSA) is 48.1 Å². The SMILES string of the molecule is CC(C)(C)c1nccc(OC2CC2)c1CN. The molecule has 0 amide bonds. The normalized spacial score (nSPS) is 16.2. The molecule has 1 heterocycles. The van der Waals surface area contributed by atoms with E-state index in [0.717, 1.165) is 29.8 Å². The van der Waals surface area contributed by atoms with Gasteiger partial charge in [-0.05, 0) is 18.9 Å².